The maximum atomic E-state index is 12.9. The van der Waals surface area contributed by atoms with Crippen molar-refractivity contribution in [1.29, 1.82) is 0 Å². The van der Waals surface area contributed by atoms with Crippen LogP contribution in [0.15, 0.2) is 72.9 Å². The molecule has 0 aromatic carbocycles. The summed E-state index contributed by atoms with van der Waals surface area (Å²) in [6, 6.07) is 0. The molecule has 6 nitrogen and oxygen atoms in total. The average molecular weight is 1050 g/mol. The lowest BCUT2D eigenvalue weighted by atomic mass is 10.0. The predicted molar refractivity (Wildman–Crippen MR) is 325 cm³/mol. The van der Waals surface area contributed by atoms with Crippen molar-refractivity contribution in [1.82, 2.24) is 0 Å². The highest BCUT2D eigenvalue weighted by Gasteiger charge is 2.19. The summed E-state index contributed by atoms with van der Waals surface area (Å²) in [5.74, 6) is -0.876. The first-order valence-corrected chi connectivity index (χ1v) is 32.4. The smallest absolute Gasteiger partial charge is 0.306 e. The van der Waals surface area contributed by atoms with Gasteiger partial charge in [0.05, 0.1) is 0 Å². The van der Waals surface area contributed by atoms with Crippen molar-refractivity contribution in [2.75, 3.05) is 13.2 Å². The Kier molecular flexibility index (Phi) is 60.7. The zero-order chi connectivity index (χ0) is 54.3. The topological polar surface area (TPSA) is 78.9 Å². The number of carbonyl (C=O) groups excluding carboxylic acids is 3. The van der Waals surface area contributed by atoms with Crippen molar-refractivity contribution in [3.8, 4) is 0 Å². The third kappa shape index (κ3) is 61.6. The second kappa shape index (κ2) is 63.4. The maximum absolute atomic E-state index is 12.9. The third-order valence-corrected chi connectivity index (χ3v) is 14.2. The predicted octanol–water partition coefficient (Wildman–Crippen LogP) is 22.1. The van der Waals surface area contributed by atoms with E-state index in [1.807, 2.05) is 0 Å². The lowest BCUT2D eigenvalue weighted by Gasteiger charge is -2.18. The largest absolute Gasteiger partial charge is 0.462 e. The van der Waals surface area contributed by atoms with Crippen LogP contribution in [0.5, 0.6) is 0 Å². The Morgan fingerprint density at radius 1 is 0.280 bits per heavy atom. The summed E-state index contributed by atoms with van der Waals surface area (Å²) in [7, 11) is 0. The lowest BCUT2D eigenvalue weighted by molar-refractivity contribution is -0.167. The zero-order valence-electron chi connectivity index (χ0n) is 49.8. The van der Waals surface area contributed by atoms with Crippen LogP contribution >= 0.6 is 0 Å². The second-order valence-corrected chi connectivity index (χ2v) is 21.6. The van der Waals surface area contributed by atoms with Crippen molar-refractivity contribution < 1.29 is 28.6 Å². The molecule has 6 heteroatoms. The Bertz CT molecular complexity index is 1390. The molecular formula is C69H122O6. The molecule has 0 aliphatic carbocycles. The van der Waals surface area contributed by atoms with Gasteiger partial charge in [0.15, 0.2) is 6.10 Å². The highest BCUT2D eigenvalue weighted by Crippen LogP contribution is 2.17. The van der Waals surface area contributed by atoms with Crippen LogP contribution in [0.3, 0.4) is 0 Å². The summed E-state index contributed by atoms with van der Waals surface area (Å²) in [5, 5.41) is 0. The Labute approximate surface area is 465 Å². The molecule has 0 aliphatic rings. The monoisotopic (exact) mass is 1050 g/mol. The quantitative estimate of drug-likeness (QED) is 0.0261. The molecule has 0 N–H and O–H groups in total. The average Bonchev–Trinajstić information content (AvgIpc) is 3.41. The molecule has 75 heavy (non-hydrogen) atoms. The van der Waals surface area contributed by atoms with Gasteiger partial charge in [0, 0.05) is 19.3 Å². The highest BCUT2D eigenvalue weighted by molar-refractivity contribution is 5.71. The Morgan fingerprint density at radius 3 is 0.827 bits per heavy atom. The highest BCUT2D eigenvalue weighted by atomic mass is 16.6. The van der Waals surface area contributed by atoms with Crippen molar-refractivity contribution in [2.45, 2.75) is 335 Å². The molecule has 0 bridgehead atoms. The van der Waals surface area contributed by atoms with E-state index in [0.29, 0.717) is 19.3 Å². The molecule has 0 heterocycles. The second-order valence-electron chi connectivity index (χ2n) is 21.6. The van der Waals surface area contributed by atoms with E-state index < -0.39 is 6.10 Å². The van der Waals surface area contributed by atoms with E-state index >= 15 is 0 Å². The molecule has 1 atom stereocenters. The molecule has 0 saturated carbocycles. The minimum Gasteiger partial charge on any atom is -0.462 e. The van der Waals surface area contributed by atoms with Gasteiger partial charge in [0.2, 0.25) is 0 Å². The summed E-state index contributed by atoms with van der Waals surface area (Å²) in [6.45, 7) is 6.52. The van der Waals surface area contributed by atoms with Crippen LogP contribution in [0.4, 0.5) is 0 Å². The van der Waals surface area contributed by atoms with E-state index in [-0.39, 0.29) is 31.1 Å². The number of hydrogen-bond acceptors (Lipinski definition) is 6. The van der Waals surface area contributed by atoms with Gasteiger partial charge in [-0.05, 0) is 89.9 Å². The summed E-state index contributed by atoms with van der Waals surface area (Å²) in [4.78, 5) is 38.2. The molecular weight excluding hydrogens is 925 g/mol. The molecule has 0 amide bonds. The fraction of sp³-hybridized carbons (Fsp3) is 0.783. The van der Waals surface area contributed by atoms with Gasteiger partial charge >= 0.3 is 17.9 Å². The van der Waals surface area contributed by atoms with Gasteiger partial charge in [-0.2, -0.15) is 0 Å². The lowest BCUT2D eigenvalue weighted by Crippen LogP contribution is -2.30. The molecule has 0 aromatic heterocycles. The summed E-state index contributed by atoms with van der Waals surface area (Å²) in [5.41, 5.74) is 0. The molecule has 0 fully saturated rings. The number of unbranched alkanes of at least 4 members (excludes halogenated alkanes) is 36. The van der Waals surface area contributed by atoms with Crippen LogP contribution in [0.25, 0.3) is 0 Å². The molecule has 0 aromatic rings. The summed E-state index contributed by atoms with van der Waals surface area (Å²) >= 11 is 0. The van der Waals surface area contributed by atoms with Crippen molar-refractivity contribution >= 4 is 17.9 Å². The normalized spacial score (nSPS) is 12.5. The van der Waals surface area contributed by atoms with Crippen LogP contribution in [0.2, 0.25) is 0 Å². The van der Waals surface area contributed by atoms with E-state index in [1.54, 1.807) is 0 Å². The number of carbonyl (C=O) groups is 3. The van der Waals surface area contributed by atoms with E-state index in [4.69, 9.17) is 14.2 Å². The van der Waals surface area contributed by atoms with Crippen LogP contribution in [0, 0.1) is 0 Å². The molecule has 0 rings (SSSR count). The first-order chi connectivity index (χ1) is 37.0. The van der Waals surface area contributed by atoms with E-state index in [0.717, 1.165) is 109 Å². The minimum atomic E-state index is -0.779. The van der Waals surface area contributed by atoms with Gasteiger partial charge < -0.3 is 14.2 Å². The van der Waals surface area contributed by atoms with Crippen LogP contribution in [-0.4, -0.2) is 37.2 Å². The van der Waals surface area contributed by atoms with Gasteiger partial charge in [-0.3, -0.25) is 14.4 Å². The van der Waals surface area contributed by atoms with Gasteiger partial charge in [0.1, 0.15) is 13.2 Å². The number of rotatable bonds is 59. The molecule has 0 spiro atoms. The fourth-order valence-corrected chi connectivity index (χ4v) is 9.35. The van der Waals surface area contributed by atoms with Crippen molar-refractivity contribution in [3.05, 3.63) is 72.9 Å². The third-order valence-electron chi connectivity index (χ3n) is 14.2. The fourth-order valence-electron chi connectivity index (χ4n) is 9.35. The Hall–Kier alpha value is -3.15. The Balaban J connectivity index is 4.12. The minimum absolute atomic E-state index is 0.0762. The van der Waals surface area contributed by atoms with Gasteiger partial charge in [-0.15, -0.1) is 0 Å². The van der Waals surface area contributed by atoms with Crippen LogP contribution in [0.1, 0.15) is 329 Å². The van der Waals surface area contributed by atoms with Gasteiger partial charge in [-0.1, -0.05) is 293 Å². The maximum Gasteiger partial charge on any atom is 0.306 e. The molecule has 0 saturated heterocycles. The Morgan fingerprint density at radius 2 is 0.520 bits per heavy atom. The van der Waals surface area contributed by atoms with Crippen molar-refractivity contribution in [2.24, 2.45) is 0 Å². The number of ether oxygens (including phenoxy) is 3. The molecule has 1 unspecified atom stereocenters. The number of hydrogen-bond donors (Lipinski definition) is 0. The molecule has 0 aliphatic heterocycles. The SMILES string of the molecule is CC/C=C\C/C=C\C/C=C\C/C=C\CCCCCCCCCCCCCCCCCCCCC(=O)OCC(COC(=O)CCCCCCCCCCCC)OC(=O)CCCCCCC/C=C\C/C=C\CCCCCC. The number of esters is 3. The molecule has 0 radical (unpaired) electrons. The van der Waals surface area contributed by atoms with E-state index in [2.05, 4.69) is 93.7 Å². The zero-order valence-corrected chi connectivity index (χ0v) is 49.8. The molecule has 434 valence electrons. The van der Waals surface area contributed by atoms with Crippen molar-refractivity contribution in [3.63, 3.8) is 0 Å². The van der Waals surface area contributed by atoms with Gasteiger partial charge in [0.25, 0.3) is 0 Å². The van der Waals surface area contributed by atoms with E-state index in [1.165, 1.54) is 180 Å². The number of allylic oxidation sites excluding steroid dienone is 12. The summed E-state index contributed by atoms with van der Waals surface area (Å²) < 4.78 is 16.9. The summed E-state index contributed by atoms with van der Waals surface area (Å²) in [6.07, 6.45) is 82.1. The van der Waals surface area contributed by atoms with Crippen LogP contribution in [-0.2, 0) is 28.6 Å². The first-order valence-electron chi connectivity index (χ1n) is 32.4. The van der Waals surface area contributed by atoms with Gasteiger partial charge in [-0.25, -0.2) is 0 Å². The first kappa shape index (κ1) is 71.8. The standard InChI is InChI=1S/C69H122O6/c1-4-7-10-13-16-19-22-24-26-28-29-30-31-32-33-34-35-36-37-38-39-40-41-42-44-45-47-50-53-56-59-62-68(71)74-65-66(64-73-67(70)61-58-55-52-49-21-18-15-12-9-6-3)75-69(72)63-60-57-54-51-48-46-43-27-25-23-20-17-14-11-8-5-2/h7,10,16,19-20,23-24,26-27,29-30,43,66H,4-6,8-9,11-15,17-18,21-22,25,28,31-42,44-65H2,1-3H3/b10-7-,19-16-,23-20-,26-24-,30-29-,43-27-. The van der Waals surface area contributed by atoms with E-state index in [9.17, 15) is 14.4 Å². The van der Waals surface area contributed by atoms with Crippen LogP contribution < -0.4 is 0 Å².